The first-order valence-electron chi connectivity index (χ1n) is 7.35. The standard InChI is InChI=1S/C18H19NO2/c1-11(2)12-3-5-13(6-4-12)16-8-14-7-15(18(20)21)9-17(14)19-10-16/h3-6,8,10-11,15H,7,9H2,1-2H3,(H,20,21). The Kier molecular flexibility index (Phi) is 3.50. The minimum absolute atomic E-state index is 0.314. The molecule has 1 heterocycles. The fourth-order valence-electron chi connectivity index (χ4n) is 2.86. The van der Waals surface area contributed by atoms with Crippen LogP contribution in [-0.4, -0.2) is 16.1 Å². The van der Waals surface area contributed by atoms with Crippen molar-refractivity contribution >= 4 is 5.97 Å². The van der Waals surface area contributed by atoms with Gasteiger partial charge >= 0.3 is 5.97 Å². The molecule has 3 nitrogen and oxygen atoms in total. The lowest BCUT2D eigenvalue weighted by Crippen LogP contribution is -2.13. The summed E-state index contributed by atoms with van der Waals surface area (Å²) in [6, 6.07) is 10.6. The van der Waals surface area contributed by atoms with E-state index < -0.39 is 5.97 Å². The van der Waals surface area contributed by atoms with Gasteiger partial charge in [0, 0.05) is 23.9 Å². The van der Waals surface area contributed by atoms with E-state index in [9.17, 15) is 4.79 Å². The van der Waals surface area contributed by atoms with E-state index in [0.29, 0.717) is 18.8 Å². The van der Waals surface area contributed by atoms with Crippen LogP contribution in [-0.2, 0) is 17.6 Å². The largest absolute Gasteiger partial charge is 0.481 e. The van der Waals surface area contributed by atoms with Crippen LogP contribution in [0.2, 0.25) is 0 Å². The summed E-state index contributed by atoms with van der Waals surface area (Å²) in [6.45, 7) is 4.36. The number of pyridine rings is 1. The number of aliphatic carboxylic acids is 1. The summed E-state index contributed by atoms with van der Waals surface area (Å²) in [5.74, 6) is -0.518. The van der Waals surface area contributed by atoms with Gasteiger partial charge in [-0.2, -0.15) is 0 Å². The first-order valence-corrected chi connectivity index (χ1v) is 7.35. The average Bonchev–Trinajstić information content (AvgIpc) is 2.90. The summed E-state index contributed by atoms with van der Waals surface area (Å²) < 4.78 is 0. The molecule has 0 spiro atoms. The van der Waals surface area contributed by atoms with Crippen molar-refractivity contribution in [3.63, 3.8) is 0 Å². The maximum absolute atomic E-state index is 11.1. The molecule has 2 aromatic rings. The average molecular weight is 281 g/mol. The second-order valence-corrected chi connectivity index (χ2v) is 6.05. The molecule has 1 unspecified atom stereocenters. The molecule has 3 rings (SSSR count). The smallest absolute Gasteiger partial charge is 0.307 e. The molecule has 21 heavy (non-hydrogen) atoms. The van der Waals surface area contributed by atoms with Crippen molar-refractivity contribution in [1.29, 1.82) is 0 Å². The Hall–Kier alpha value is -2.16. The van der Waals surface area contributed by atoms with E-state index in [1.165, 1.54) is 5.56 Å². The number of nitrogens with zero attached hydrogens (tertiary/aromatic N) is 1. The van der Waals surface area contributed by atoms with E-state index in [1.54, 1.807) is 0 Å². The Morgan fingerprint density at radius 3 is 2.52 bits per heavy atom. The molecular weight excluding hydrogens is 262 g/mol. The molecule has 0 radical (unpaired) electrons. The van der Waals surface area contributed by atoms with Gasteiger partial charge in [-0.25, -0.2) is 0 Å². The molecule has 108 valence electrons. The van der Waals surface area contributed by atoms with Gasteiger partial charge in [0.15, 0.2) is 0 Å². The number of rotatable bonds is 3. The van der Waals surface area contributed by atoms with Gasteiger partial charge in [-0.1, -0.05) is 38.1 Å². The van der Waals surface area contributed by atoms with Crippen molar-refractivity contribution in [2.75, 3.05) is 0 Å². The predicted octanol–water partition coefficient (Wildman–Crippen LogP) is 3.67. The number of carbonyl (C=O) groups is 1. The maximum atomic E-state index is 11.1. The molecule has 1 N–H and O–H groups in total. The number of fused-ring (bicyclic) bond motifs is 1. The normalized spacial score (nSPS) is 17.0. The van der Waals surface area contributed by atoms with Gasteiger partial charge in [-0.3, -0.25) is 9.78 Å². The quantitative estimate of drug-likeness (QED) is 0.933. The summed E-state index contributed by atoms with van der Waals surface area (Å²) in [5.41, 5.74) is 5.53. The molecule has 1 aliphatic rings. The minimum atomic E-state index is -0.726. The molecule has 1 aliphatic carbocycles. The molecule has 1 atom stereocenters. The van der Waals surface area contributed by atoms with Crippen LogP contribution in [0.25, 0.3) is 11.1 Å². The SMILES string of the molecule is CC(C)c1ccc(-c2cnc3c(c2)CC(C(=O)O)C3)cc1. The fourth-order valence-corrected chi connectivity index (χ4v) is 2.86. The van der Waals surface area contributed by atoms with Crippen LogP contribution in [0.3, 0.4) is 0 Å². The number of hydrogen-bond acceptors (Lipinski definition) is 2. The van der Waals surface area contributed by atoms with E-state index in [4.69, 9.17) is 5.11 Å². The van der Waals surface area contributed by atoms with Gasteiger partial charge in [-0.05, 0) is 35.1 Å². The molecule has 1 aromatic heterocycles. The Labute approximate surface area is 124 Å². The third-order valence-electron chi connectivity index (χ3n) is 4.23. The molecule has 0 saturated carbocycles. The highest BCUT2D eigenvalue weighted by atomic mass is 16.4. The highest BCUT2D eigenvalue weighted by molar-refractivity contribution is 5.73. The van der Waals surface area contributed by atoms with Crippen molar-refractivity contribution in [2.45, 2.75) is 32.6 Å². The van der Waals surface area contributed by atoms with Crippen LogP contribution in [0.5, 0.6) is 0 Å². The highest BCUT2D eigenvalue weighted by Gasteiger charge is 2.28. The van der Waals surface area contributed by atoms with E-state index in [0.717, 1.165) is 22.4 Å². The predicted molar refractivity (Wildman–Crippen MR) is 82.3 cm³/mol. The van der Waals surface area contributed by atoms with Gasteiger partial charge in [0.25, 0.3) is 0 Å². The fraction of sp³-hybridized carbons (Fsp3) is 0.333. The van der Waals surface area contributed by atoms with Crippen molar-refractivity contribution in [2.24, 2.45) is 5.92 Å². The first kappa shape index (κ1) is 13.8. The number of carboxylic acid groups (broad SMARTS) is 1. The van der Waals surface area contributed by atoms with Crippen molar-refractivity contribution in [1.82, 2.24) is 4.98 Å². The van der Waals surface area contributed by atoms with Crippen LogP contribution < -0.4 is 0 Å². The summed E-state index contributed by atoms with van der Waals surface area (Å²) in [6.07, 6.45) is 3.00. The minimum Gasteiger partial charge on any atom is -0.481 e. The van der Waals surface area contributed by atoms with E-state index in [1.807, 2.05) is 6.20 Å². The second kappa shape index (κ2) is 5.32. The number of benzene rings is 1. The van der Waals surface area contributed by atoms with Crippen LogP contribution in [0, 0.1) is 5.92 Å². The Morgan fingerprint density at radius 2 is 1.90 bits per heavy atom. The van der Waals surface area contributed by atoms with Gasteiger partial charge < -0.3 is 5.11 Å². The lowest BCUT2D eigenvalue weighted by Gasteiger charge is -2.08. The van der Waals surface area contributed by atoms with Gasteiger partial charge in [0.2, 0.25) is 0 Å². The van der Waals surface area contributed by atoms with Crippen molar-refractivity contribution in [3.05, 3.63) is 53.3 Å². The number of aromatic nitrogens is 1. The Bertz CT molecular complexity index is 674. The maximum Gasteiger partial charge on any atom is 0.307 e. The third kappa shape index (κ3) is 2.68. The van der Waals surface area contributed by atoms with Crippen LogP contribution >= 0.6 is 0 Å². The van der Waals surface area contributed by atoms with Gasteiger partial charge in [0.1, 0.15) is 0 Å². The zero-order chi connectivity index (χ0) is 15.0. The topological polar surface area (TPSA) is 50.2 Å². The number of hydrogen-bond donors (Lipinski definition) is 1. The number of carboxylic acids is 1. The van der Waals surface area contributed by atoms with Crippen LogP contribution in [0.4, 0.5) is 0 Å². The monoisotopic (exact) mass is 281 g/mol. The Morgan fingerprint density at radius 1 is 1.19 bits per heavy atom. The van der Waals surface area contributed by atoms with Gasteiger partial charge in [-0.15, -0.1) is 0 Å². The zero-order valence-corrected chi connectivity index (χ0v) is 12.3. The van der Waals surface area contributed by atoms with Crippen LogP contribution in [0.15, 0.2) is 36.5 Å². The van der Waals surface area contributed by atoms with Crippen molar-refractivity contribution < 1.29 is 9.90 Å². The first-order chi connectivity index (χ1) is 10.0. The summed E-state index contributed by atoms with van der Waals surface area (Å²) in [4.78, 5) is 15.6. The summed E-state index contributed by atoms with van der Waals surface area (Å²) >= 11 is 0. The molecule has 0 bridgehead atoms. The van der Waals surface area contributed by atoms with E-state index >= 15 is 0 Å². The second-order valence-electron chi connectivity index (χ2n) is 6.05. The van der Waals surface area contributed by atoms with E-state index in [-0.39, 0.29) is 5.92 Å². The Balaban J connectivity index is 1.88. The molecule has 0 saturated heterocycles. The molecular formula is C18H19NO2. The van der Waals surface area contributed by atoms with Crippen LogP contribution in [0.1, 0.15) is 36.6 Å². The zero-order valence-electron chi connectivity index (χ0n) is 12.3. The summed E-state index contributed by atoms with van der Waals surface area (Å²) in [5, 5.41) is 9.13. The molecule has 3 heteroatoms. The molecule has 1 aromatic carbocycles. The lowest BCUT2D eigenvalue weighted by molar-refractivity contribution is -0.141. The van der Waals surface area contributed by atoms with Gasteiger partial charge in [0.05, 0.1) is 5.92 Å². The molecule has 0 fully saturated rings. The third-order valence-corrected chi connectivity index (χ3v) is 4.23. The molecule has 0 aliphatic heterocycles. The lowest BCUT2D eigenvalue weighted by atomic mass is 9.98. The summed E-state index contributed by atoms with van der Waals surface area (Å²) in [7, 11) is 0. The van der Waals surface area contributed by atoms with E-state index in [2.05, 4.69) is 49.2 Å². The highest BCUT2D eigenvalue weighted by Crippen LogP contribution is 2.30. The van der Waals surface area contributed by atoms with Crippen molar-refractivity contribution in [3.8, 4) is 11.1 Å². The molecule has 0 amide bonds.